The van der Waals surface area contributed by atoms with Crippen LogP contribution in [0.3, 0.4) is 0 Å². The average molecular weight is 383 g/mol. The minimum absolute atomic E-state index is 0.150. The quantitative estimate of drug-likeness (QED) is 0.830. The van der Waals surface area contributed by atoms with Crippen molar-refractivity contribution in [2.45, 2.75) is 64.0 Å². The summed E-state index contributed by atoms with van der Waals surface area (Å²) < 4.78 is 5.40. The Morgan fingerprint density at radius 2 is 1.82 bits per heavy atom. The van der Waals surface area contributed by atoms with Gasteiger partial charge in [0.2, 0.25) is 11.8 Å². The highest BCUT2D eigenvalue weighted by atomic mass is 16.5. The molecule has 1 aromatic carbocycles. The molecule has 150 valence electrons. The van der Waals surface area contributed by atoms with Crippen LogP contribution in [-0.2, 0) is 17.8 Å². The van der Waals surface area contributed by atoms with Crippen molar-refractivity contribution in [1.82, 2.24) is 20.4 Å². The van der Waals surface area contributed by atoms with Gasteiger partial charge in [0, 0.05) is 12.0 Å². The minimum Gasteiger partial charge on any atom is -0.353 e. The van der Waals surface area contributed by atoms with Crippen LogP contribution >= 0.6 is 0 Å². The molecule has 1 N–H and O–H groups in total. The highest BCUT2D eigenvalue weighted by molar-refractivity contribution is 5.79. The number of nitrogens with zero attached hydrogens (tertiary/aromatic N) is 3. The Hall–Kier alpha value is -2.21. The molecule has 1 aromatic heterocycles. The summed E-state index contributed by atoms with van der Waals surface area (Å²) in [6, 6.07) is 10.6. The highest BCUT2D eigenvalue weighted by Gasteiger charge is 2.27. The Kier molecular flexibility index (Phi) is 6.37. The molecule has 0 radical (unpaired) electrons. The summed E-state index contributed by atoms with van der Waals surface area (Å²) in [5.74, 6) is 1.80. The molecule has 2 heterocycles. The van der Waals surface area contributed by atoms with Crippen LogP contribution in [-0.4, -0.2) is 40.1 Å². The van der Waals surface area contributed by atoms with Gasteiger partial charge in [0.1, 0.15) is 0 Å². The molecule has 6 heteroatoms. The van der Waals surface area contributed by atoms with Gasteiger partial charge in [-0.1, -0.05) is 54.8 Å². The predicted molar refractivity (Wildman–Crippen MR) is 107 cm³/mol. The number of hydrogen-bond donors (Lipinski definition) is 1. The lowest BCUT2D eigenvalue weighted by molar-refractivity contribution is -0.127. The Morgan fingerprint density at radius 1 is 1.07 bits per heavy atom. The van der Waals surface area contributed by atoms with Crippen LogP contribution in [0.2, 0.25) is 0 Å². The first-order chi connectivity index (χ1) is 13.8. The summed E-state index contributed by atoms with van der Waals surface area (Å²) in [5.41, 5.74) is 1.17. The molecule has 0 atom stereocenters. The SMILES string of the molecule is O=C(NC1CCCCC1)C1CCN(Cc2noc(Cc3ccccc3)n2)CC1. The van der Waals surface area contributed by atoms with Gasteiger partial charge in [-0.25, -0.2) is 0 Å². The lowest BCUT2D eigenvalue weighted by atomic mass is 9.92. The number of carbonyl (C=O) groups excluding carboxylic acids is 1. The number of nitrogens with one attached hydrogen (secondary N) is 1. The van der Waals surface area contributed by atoms with Gasteiger partial charge >= 0.3 is 0 Å². The molecule has 0 bridgehead atoms. The van der Waals surface area contributed by atoms with E-state index in [0.29, 0.717) is 24.9 Å². The molecule has 1 amide bonds. The van der Waals surface area contributed by atoms with Gasteiger partial charge < -0.3 is 9.84 Å². The van der Waals surface area contributed by atoms with E-state index in [-0.39, 0.29) is 11.8 Å². The first kappa shape index (κ1) is 19.1. The van der Waals surface area contributed by atoms with E-state index in [9.17, 15) is 4.79 Å². The number of benzene rings is 1. The molecule has 1 aliphatic heterocycles. The summed E-state index contributed by atoms with van der Waals surface area (Å²) in [6.07, 6.45) is 8.59. The van der Waals surface area contributed by atoms with Crippen molar-refractivity contribution in [1.29, 1.82) is 0 Å². The van der Waals surface area contributed by atoms with Crippen LogP contribution in [0.15, 0.2) is 34.9 Å². The van der Waals surface area contributed by atoms with Crippen LogP contribution in [0.4, 0.5) is 0 Å². The largest absolute Gasteiger partial charge is 0.353 e. The van der Waals surface area contributed by atoms with Crippen molar-refractivity contribution in [3.63, 3.8) is 0 Å². The fourth-order valence-electron chi connectivity index (χ4n) is 4.32. The molecular formula is C22H30N4O2. The summed E-state index contributed by atoms with van der Waals surface area (Å²) in [5, 5.41) is 7.41. The topological polar surface area (TPSA) is 71.3 Å². The van der Waals surface area contributed by atoms with E-state index in [1.165, 1.54) is 24.8 Å². The first-order valence-corrected chi connectivity index (χ1v) is 10.6. The fourth-order valence-corrected chi connectivity index (χ4v) is 4.32. The number of amides is 1. The molecule has 2 aromatic rings. The van der Waals surface area contributed by atoms with Crippen LogP contribution < -0.4 is 5.32 Å². The van der Waals surface area contributed by atoms with E-state index in [1.807, 2.05) is 18.2 Å². The summed E-state index contributed by atoms with van der Waals surface area (Å²) in [7, 11) is 0. The predicted octanol–water partition coefficient (Wildman–Crippen LogP) is 3.32. The third-order valence-electron chi connectivity index (χ3n) is 5.98. The zero-order valence-electron chi connectivity index (χ0n) is 16.5. The molecule has 2 fully saturated rings. The molecule has 1 saturated heterocycles. The molecule has 4 rings (SSSR count). The zero-order chi connectivity index (χ0) is 19.2. The van der Waals surface area contributed by atoms with E-state index >= 15 is 0 Å². The molecular weight excluding hydrogens is 352 g/mol. The Balaban J connectivity index is 1.21. The Bertz CT molecular complexity index is 747. The standard InChI is InChI=1S/C22H30N4O2/c27-22(23-19-9-5-2-6-10-19)18-11-13-26(14-12-18)16-20-24-21(28-25-20)15-17-7-3-1-4-8-17/h1,3-4,7-8,18-19H,2,5-6,9-16H2,(H,23,27). The van der Waals surface area contributed by atoms with Crippen molar-refractivity contribution in [3.05, 3.63) is 47.6 Å². The second-order valence-corrected chi connectivity index (χ2v) is 8.16. The maximum Gasteiger partial charge on any atom is 0.231 e. The molecule has 0 unspecified atom stereocenters. The number of aromatic nitrogens is 2. The van der Waals surface area contributed by atoms with Gasteiger partial charge in [-0.2, -0.15) is 4.98 Å². The Morgan fingerprint density at radius 3 is 2.57 bits per heavy atom. The molecule has 0 spiro atoms. The van der Waals surface area contributed by atoms with E-state index in [2.05, 4.69) is 32.5 Å². The lowest BCUT2D eigenvalue weighted by Gasteiger charge is -2.32. The van der Waals surface area contributed by atoms with Gasteiger partial charge in [0.05, 0.1) is 13.0 Å². The van der Waals surface area contributed by atoms with Crippen LogP contribution in [0.5, 0.6) is 0 Å². The van der Waals surface area contributed by atoms with Crippen LogP contribution in [0.1, 0.15) is 62.2 Å². The molecule has 6 nitrogen and oxygen atoms in total. The third-order valence-corrected chi connectivity index (χ3v) is 5.98. The second-order valence-electron chi connectivity index (χ2n) is 8.16. The van der Waals surface area contributed by atoms with Gasteiger partial charge in [0.25, 0.3) is 0 Å². The monoisotopic (exact) mass is 382 g/mol. The minimum atomic E-state index is 0.150. The third kappa shape index (κ3) is 5.19. The number of piperidine rings is 1. The fraction of sp³-hybridized carbons (Fsp3) is 0.591. The summed E-state index contributed by atoms with van der Waals surface area (Å²) in [4.78, 5) is 19.4. The number of likely N-dealkylation sites (tertiary alicyclic amines) is 1. The van der Waals surface area contributed by atoms with E-state index < -0.39 is 0 Å². The first-order valence-electron chi connectivity index (χ1n) is 10.6. The maximum atomic E-state index is 12.5. The molecule has 28 heavy (non-hydrogen) atoms. The van der Waals surface area contributed by atoms with E-state index in [4.69, 9.17) is 4.52 Å². The smallest absolute Gasteiger partial charge is 0.231 e. The lowest BCUT2D eigenvalue weighted by Crippen LogP contribution is -2.44. The normalized spacial score (nSPS) is 19.6. The summed E-state index contributed by atoms with van der Waals surface area (Å²) in [6.45, 7) is 2.51. The second kappa shape index (κ2) is 9.32. The van der Waals surface area contributed by atoms with Crippen molar-refractivity contribution in [3.8, 4) is 0 Å². The number of hydrogen-bond acceptors (Lipinski definition) is 5. The van der Waals surface area contributed by atoms with Crippen molar-refractivity contribution >= 4 is 5.91 Å². The van der Waals surface area contributed by atoms with Crippen LogP contribution in [0.25, 0.3) is 0 Å². The maximum absolute atomic E-state index is 12.5. The van der Waals surface area contributed by atoms with Crippen molar-refractivity contribution < 1.29 is 9.32 Å². The van der Waals surface area contributed by atoms with Gasteiger partial charge in [-0.05, 0) is 44.3 Å². The van der Waals surface area contributed by atoms with Gasteiger partial charge in [-0.15, -0.1) is 0 Å². The van der Waals surface area contributed by atoms with E-state index in [1.54, 1.807) is 0 Å². The van der Waals surface area contributed by atoms with Gasteiger partial charge in [0.15, 0.2) is 5.82 Å². The summed E-state index contributed by atoms with van der Waals surface area (Å²) >= 11 is 0. The zero-order valence-corrected chi connectivity index (χ0v) is 16.5. The number of carbonyl (C=O) groups is 1. The van der Waals surface area contributed by atoms with E-state index in [0.717, 1.165) is 44.6 Å². The Labute approximate surface area is 166 Å². The number of rotatable bonds is 6. The van der Waals surface area contributed by atoms with Crippen LogP contribution in [0, 0.1) is 5.92 Å². The molecule has 1 aliphatic carbocycles. The van der Waals surface area contributed by atoms with Crippen molar-refractivity contribution in [2.24, 2.45) is 5.92 Å². The molecule has 2 aliphatic rings. The molecule has 1 saturated carbocycles. The van der Waals surface area contributed by atoms with Gasteiger partial charge in [-0.3, -0.25) is 9.69 Å². The van der Waals surface area contributed by atoms with Crippen molar-refractivity contribution in [2.75, 3.05) is 13.1 Å². The highest BCUT2D eigenvalue weighted by Crippen LogP contribution is 2.22. The average Bonchev–Trinajstić information content (AvgIpc) is 3.17.